The Labute approximate surface area is 307 Å². The summed E-state index contributed by atoms with van der Waals surface area (Å²) in [6.07, 6.45) is -25.5. The molecular weight excluding hydrogens is 1020 g/mol. The molecule has 0 bridgehead atoms. The Morgan fingerprint density at radius 3 is 0.705 bits per heavy atom. The third-order valence-electron chi connectivity index (χ3n) is 7.33. The zero-order chi connectivity index (χ0) is 50.7. The van der Waals surface area contributed by atoms with Crippen LogP contribution < -0.4 is 0 Å². The van der Waals surface area contributed by atoms with Crippen LogP contribution in [0.3, 0.4) is 0 Å². The SMILES string of the molecule is O=P(O)(O)OCC(O)CC(F)(F)C(F)(F)C(F)(F)C(F)(F)C(F)(F)C(F)(F)C(F)(F)C(F)(F)C(F)(F)C(F)(F)C(F)(F)C(F)(F)C(F)(F)C(F)(F)C(F)(C(F)(F)F)C(F)(F)F. The number of halogens is 35. The van der Waals surface area contributed by atoms with E-state index >= 15 is 0 Å². The van der Waals surface area contributed by atoms with Crippen molar-refractivity contribution in [3.05, 3.63) is 0 Å². The van der Waals surface area contributed by atoms with Gasteiger partial charge in [-0.1, -0.05) is 0 Å². The second-order valence-corrected chi connectivity index (χ2v) is 12.7. The van der Waals surface area contributed by atoms with E-state index in [2.05, 4.69) is 4.52 Å². The van der Waals surface area contributed by atoms with Gasteiger partial charge in [-0.25, -0.2) is 8.96 Å². The number of phosphoric acid groups is 1. The number of aliphatic hydroxyl groups excluding tert-OH is 1. The van der Waals surface area contributed by atoms with Crippen molar-refractivity contribution in [1.29, 1.82) is 0 Å². The van der Waals surface area contributed by atoms with Crippen molar-refractivity contribution in [3.63, 3.8) is 0 Å². The molecule has 0 aromatic carbocycles. The first-order valence-electron chi connectivity index (χ1n) is 13.1. The van der Waals surface area contributed by atoms with Crippen molar-refractivity contribution in [2.24, 2.45) is 0 Å². The van der Waals surface area contributed by atoms with E-state index in [1.165, 1.54) is 0 Å². The lowest BCUT2D eigenvalue weighted by atomic mass is 9.81. The first-order valence-corrected chi connectivity index (χ1v) is 14.6. The zero-order valence-corrected chi connectivity index (χ0v) is 27.2. The lowest BCUT2D eigenvalue weighted by Gasteiger charge is -2.47. The standard InChI is InChI=1S/C20H8F35O5P/c21-4(22,1-3(56)2-60-61(57,58)59)6(24,25)8(28,29)10(32,33)12(36,37)14(40,41)16(44,45)18(48,49)17(46,47)15(42,43)13(38,39)11(34,35)9(30,31)7(26,27)5(23,19(50,51)52)20(53,54)55/h3,56H,1-2H2,(H2,57,58,59). The van der Waals surface area contributed by atoms with Gasteiger partial charge < -0.3 is 14.9 Å². The number of aliphatic hydroxyl groups is 1. The zero-order valence-electron chi connectivity index (χ0n) is 26.3. The number of hydrogen-bond acceptors (Lipinski definition) is 3. The number of phosphoric ester groups is 1. The summed E-state index contributed by atoms with van der Waals surface area (Å²) in [6.45, 7) is -2.52. The van der Waals surface area contributed by atoms with Crippen molar-refractivity contribution in [2.75, 3.05) is 6.61 Å². The molecule has 0 saturated heterocycles. The summed E-state index contributed by atoms with van der Waals surface area (Å²) in [7, 11) is -6.03. The highest BCUT2D eigenvalue weighted by molar-refractivity contribution is 7.46. The molecule has 0 rings (SSSR count). The molecule has 0 spiro atoms. The Bertz CT molecular complexity index is 1610. The van der Waals surface area contributed by atoms with Crippen molar-refractivity contribution in [2.45, 2.75) is 113 Å². The Morgan fingerprint density at radius 1 is 0.344 bits per heavy atom. The summed E-state index contributed by atoms with van der Waals surface area (Å²) < 4.78 is 491. The van der Waals surface area contributed by atoms with Gasteiger partial charge in [-0.2, -0.15) is 149 Å². The van der Waals surface area contributed by atoms with Gasteiger partial charge in [0.05, 0.1) is 12.7 Å². The molecule has 0 radical (unpaired) electrons. The predicted octanol–water partition coefficient (Wildman–Crippen LogP) is 10.6. The van der Waals surface area contributed by atoms with Crippen LogP contribution in [0.4, 0.5) is 154 Å². The molecule has 0 aliphatic heterocycles. The van der Waals surface area contributed by atoms with E-state index in [1.807, 2.05) is 0 Å². The molecule has 41 heteroatoms. The molecule has 1 atom stereocenters. The molecule has 0 aromatic heterocycles. The largest absolute Gasteiger partial charge is 0.469 e. The van der Waals surface area contributed by atoms with Crippen LogP contribution in [-0.2, 0) is 9.09 Å². The Kier molecular flexibility index (Phi) is 14.2. The Balaban J connectivity index is 7.74. The molecule has 0 aromatic rings. The monoisotopic (exact) mass is 1020 g/mol. The fourth-order valence-corrected chi connectivity index (χ4v) is 4.16. The summed E-state index contributed by atoms with van der Waals surface area (Å²) in [5.74, 6) is -138. The van der Waals surface area contributed by atoms with Gasteiger partial charge in [-0.15, -0.1) is 0 Å². The van der Waals surface area contributed by atoms with Crippen molar-refractivity contribution in [3.8, 4) is 0 Å². The molecule has 0 aliphatic carbocycles. The molecule has 0 heterocycles. The maximum atomic E-state index is 14.0. The minimum Gasteiger partial charge on any atom is -0.390 e. The second kappa shape index (κ2) is 14.8. The third-order valence-corrected chi connectivity index (χ3v) is 7.82. The fraction of sp³-hybridized carbons (Fsp3) is 1.00. The maximum absolute atomic E-state index is 14.0. The number of hydrogen-bond donors (Lipinski definition) is 3. The summed E-state index contributed by atoms with van der Waals surface area (Å²) in [5.41, 5.74) is -9.51. The van der Waals surface area contributed by atoms with E-state index < -0.39 is 128 Å². The van der Waals surface area contributed by atoms with Gasteiger partial charge in [0, 0.05) is 6.42 Å². The van der Waals surface area contributed by atoms with Gasteiger partial charge in [0.1, 0.15) is 0 Å². The summed E-state index contributed by atoms with van der Waals surface area (Å²) >= 11 is 0. The minimum atomic E-state index is -10.4. The van der Waals surface area contributed by atoms with Crippen molar-refractivity contribution >= 4 is 7.82 Å². The Morgan fingerprint density at radius 2 is 0.525 bits per heavy atom. The van der Waals surface area contributed by atoms with E-state index in [-0.39, 0.29) is 0 Å². The summed E-state index contributed by atoms with van der Waals surface area (Å²) in [5, 5.41) is 8.92. The van der Waals surface area contributed by atoms with Crippen LogP contribution in [0.25, 0.3) is 0 Å². The van der Waals surface area contributed by atoms with Crippen LogP contribution in [-0.4, -0.2) is 129 Å². The number of alkyl halides is 35. The lowest BCUT2D eigenvalue weighted by molar-refractivity contribution is -0.493. The van der Waals surface area contributed by atoms with E-state index in [4.69, 9.17) is 14.9 Å². The molecule has 5 nitrogen and oxygen atoms in total. The molecule has 0 fully saturated rings. The van der Waals surface area contributed by atoms with Gasteiger partial charge in [-0.05, 0) is 0 Å². The first kappa shape index (κ1) is 58.6. The van der Waals surface area contributed by atoms with Crippen LogP contribution >= 0.6 is 7.82 Å². The van der Waals surface area contributed by atoms with E-state index in [0.29, 0.717) is 0 Å². The lowest BCUT2D eigenvalue weighted by Crippen LogP contribution is -2.80. The highest BCUT2D eigenvalue weighted by Crippen LogP contribution is 2.70. The normalized spacial score (nSPS) is 17.5. The predicted molar refractivity (Wildman–Crippen MR) is 114 cm³/mol. The average molecular weight is 1020 g/mol. The maximum Gasteiger partial charge on any atom is 0.469 e. The second-order valence-electron chi connectivity index (χ2n) is 11.5. The molecule has 3 N–H and O–H groups in total. The number of rotatable bonds is 19. The smallest absolute Gasteiger partial charge is 0.390 e. The van der Waals surface area contributed by atoms with Gasteiger partial charge in [0.15, 0.2) is 0 Å². The molecule has 1 unspecified atom stereocenters. The van der Waals surface area contributed by atoms with Gasteiger partial charge in [0.2, 0.25) is 0 Å². The molecule has 0 saturated carbocycles. The first-order chi connectivity index (χ1) is 25.6. The topological polar surface area (TPSA) is 87.0 Å². The van der Waals surface area contributed by atoms with Crippen LogP contribution in [0, 0.1) is 0 Å². The van der Waals surface area contributed by atoms with Crippen molar-refractivity contribution in [1.82, 2.24) is 0 Å². The quantitative estimate of drug-likeness (QED) is 0.0887. The molecule has 0 amide bonds. The van der Waals surface area contributed by atoms with E-state index in [1.54, 1.807) is 0 Å². The summed E-state index contributed by atoms with van der Waals surface area (Å²) in [6, 6.07) is 0. The third kappa shape index (κ3) is 7.65. The van der Waals surface area contributed by atoms with Crippen LogP contribution in [0.5, 0.6) is 0 Å². The van der Waals surface area contributed by atoms with Crippen LogP contribution in [0.2, 0.25) is 0 Å². The van der Waals surface area contributed by atoms with E-state index in [0.717, 1.165) is 0 Å². The highest BCUT2D eigenvalue weighted by atomic mass is 31.2. The minimum absolute atomic E-state index is 2.52. The van der Waals surface area contributed by atoms with E-state index in [9.17, 15) is 158 Å². The molecule has 368 valence electrons. The Hall–Kier alpha value is -2.38. The molecule has 0 aliphatic rings. The van der Waals surface area contributed by atoms with Crippen LogP contribution in [0.15, 0.2) is 0 Å². The summed E-state index contributed by atoms with van der Waals surface area (Å²) in [4.78, 5) is 16.4. The molecule has 61 heavy (non-hydrogen) atoms. The van der Waals surface area contributed by atoms with Gasteiger partial charge >= 0.3 is 109 Å². The van der Waals surface area contributed by atoms with Crippen LogP contribution in [0.1, 0.15) is 6.42 Å². The molecular formula is C20H8F35O5P. The van der Waals surface area contributed by atoms with Gasteiger partial charge in [-0.3, -0.25) is 4.52 Å². The fourth-order valence-electron chi connectivity index (χ4n) is 3.80. The van der Waals surface area contributed by atoms with Gasteiger partial charge in [0.25, 0.3) is 0 Å². The average Bonchev–Trinajstić information content (AvgIpc) is 3.00. The van der Waals surface area contributed by atoms with Crippen molar-refractivity contribution < 1.29 is 178 Å². The highest BCUT2D eigenvalue weighted by Gasteiger charge is 3.02.